The predicted octanol–water partition coefficient (Wildman–Crippen LogP) is 2.30. The SMILES string of the molecule is CC1=CCN(Cc2ccc(CN)cc2)CC1. The van der Waals surface area contributed by atoms with E-state index in [1.165, 1.54) is 29.7 Å². The maximum absolute atomic E-state index is 5.58. The van der Waals surface area contributed by atoms with Gasteiger partial charge in [-0.1, -0.05) is 35.9 Å². The molecular weight excluding hydrogens is 196 g/mol. The van der Waals surface area contributed by atoms with Gasteiger partial charge < -0.3 is 5.73 Å². The fourth-order valence-corrected chi connectivity index (χ4v) is 2.00. The van der Waals surface area contributed by atoms with Gasteiger partial charge in [-0.2, -0.15) is 0 Å². The Kier molecular flexibility index (Phi) is 3.75. The zero-order valence-electron chi connectivity index (χ0n) is 9.95. The van der Waals surface area contributed by atoms with Gasteiger partial charge in [-0.05, 0) is 24.5 Å². The van der Waals surface area contributed by atoms with Gasteiger partial charge in [0.15, 0.2) is 0 Å². The van der Waals surface area contributed by atoms with Gasteiger partial charge in [-0.25, -0.2) is 0 Å². The van der Waals surface area contributed by atoms with Crippen LogP contribution >= 0.6 is 0 Å². The quantitative estimate of drug-likeness (QED) is 0.786. The van der Waals surface area contributed by atoms with Crippen molar-refractivity contribution in [2.24, 2.45) is 5.73 Å². The summed E-state index contributed by atoms with van der Waals surface area (Å²) in [5.74, 6) is 0. The van der Waals surface area contributed by atoms with Crippen molar-refractivity contribution >= 4 is 0 Å². The molecule has 1 aromatic carbocycles. The molecule has 0 atom stereocenters. The van der Waals surface area contributed by atoms with Crippen LogP contribution in [0.1, 0.15) is 24.5 Å². The van der Waals surface area contributed by atoms with Crippen LogP contribution in [0.3, 0.4) is 0 Å². The Morgan fingerprint density at radius 1 is 1.19 bits per heavy atom. The molecule has 2 nitrogen and oxygen atoms in total. The van der Waals surface area contributed by atoms with Crippen molar-refractivity contribution < 1.29 is 0 Å². The smallest absolute Gasteiger partial charge is 0.0237 e. The first-order valence-electron chi connectivity index (χ1n) is 5.94. The van der Waals surface area contributed by atoms with Crippen molar-refractivity contribution in [3.05, 3.63) is 47.0 Å². The van der Waals surface area contributed by atoms with Gasteiger partial charge >= 0.3 is 0 Å². The lowest BCUT2D eigenvalue weighted by Gasteiger charge is -2.25. The maximum atomic E-state index is 5.58. The summed E-state index contributed by atoms with van der Waals surface area (Å²) in [5, 5.41) is 0. The minimum absolute atomic E-state index is 0.631. The number of nitrogens with two attached hydrogens (primary N) is 1. The highest BCUT2D eigenvalue weighted by Gasteiger charge is 2.09. The van der Waals surface area contributed by atoms with Crippen LogP contribution in [0, 0.1) is 0 Å². The van der Waals surface area contributed by atoms with Crippen LogP contribution in [0.4, 0.5) is 0 Å². The Morgan fingerprint density at radius 2 is 1.88 bits per heavy atom. The molecule has 0 radical (unpaired) electrons. The topological polar surface area (TPSA) is 29.3 Å². The van der Waals surface area contributed by atoms with Gasteiger partial charge in [0, 0.05) is 26.2 Å². The molecule has 2 rings (SSSR count). The molecule has 86 valence electrons. The van der Waals surface area contributed by atoms with E-state index >= 15 is 0 Å². The normalized spacial score (nSPS) is 17.2. The summed E-state index contributed by atoms with van der Waals surface area (Å²) in [4.78, 5) is 2.48. The van der Waals surface area contributed by atoms with E-state index in [4.69, 9.17) is 5.73 Å². The molecule has 0 saturated carbocycles. The fraction of sp³-hybridized carbons (Fsp3) is 0.429. The first-order valence-corrected chi connectivity index (χ1v) is 5.94. The molecule has 0 unspecified atom stereocenters. The van der Waals surface area contributed by atoms with Crippen molar-refractivity contribution in [2.45, 2.75) is 26.4 Å². The molecule has 2 heteroatoms. The first kappa shape index (κ1) is 11.4. The predicted molar refractivity (Wildman–Crippen MR) is 68.0 cm³/mol. The molecule has 1 aliphatic heterocycles. The third-order valence-electron chi connectivity index (χ3n) is 3.19. The molecule has 1 aromatic rings. The summed E-state index contributed by atoms with van der Waals surface area (Å²) >= 11 is 0. The van der Waals surface area contributed by atoms with E-state index in [0.29, 0.717) is 6.54 Å². The highest BCUT2D eigenvalue weighted by molar-refractivity contribution is 5.22. The Bertz CT molecular complexity index is 365. The van der Waals surface area contributed by atoms with Gasteiger partial charge in [0.05, 0.1) is 0 Å². The largest absolute Gasteiger partial charge is 0.326 e. The lowest BCUT2D eigenvalue weighted by Crippen LogP contribution is -2.27. The first-order chi connectivity index (χ1) is 7.78. The summed E-state index contributed by atoms with van der Waals surface area (Å²) < 4.78 is 0. The van der Waals surface area contributed by atoms with E-state index in [0.717, 1.165) is 13.1 Å². The van der Waals surface area contributed by atoms with E-state index in [1.807, 2.05) is 0 Å². The zero-order chi connectivity index (χ0) is 11.4. The van der Waals surface area contributed by atoms with Crippen molar-refractivity contribution in [2.75, 3.05) is 13.1 Å². The van der Waals surface area contributed by atoms with E-state index in [-0.39, 0.29) is 0 Å². The van der Waals surface area contributed by atoms with Crippen LogP contribution in [-0.4, -0.2) is 18.0 Å². The number of nitrogens with zero attached hydrogens (tertiary/aromatic N) is 1. The molecule has 0 amide bonds. The Balaban J connectivity index is 1.94. The van der Waals surface area contributed by atoms with Crippen LogP contribution in [0.5, 0.6) is 0 Å². The van der Waals surface area contributed by atoms with Crippen LogP contribution < -0.4 is 5.73 Å². The van der Waals surface area contributed by atoms with E-state index in [2.05, 4.69) is 42.2 Å². The van der Waals surface area contributed by atoms with E-state index in [9.17, 15) is 0 Å². The molecule has 1 aliphatic rings. The van der Waals surface area contributed by atoms with Crippen LogP contribution in [0.2, 0.25) is 0 Å². The fourth-order valence-electron chi connectivity index (χ4n) is 2.00. The van der Waals surface area contributed by atoms with E-state index < -0.39 is 0 Å². The monoisotopic (exact) mass is 216 g/mol. The van der Waals surface area contributed by atoms with Crippen molar-refractivity contribution in [3.63, 3.8) is 0 Å². The molecule has 0 bridgehead atoms. The van der Waals surface area contributed by atoms with Crippen LogP contribution in [-0.2, 0) is 13.1 Å². The van der Waals surface area contributed by atoms with Gasteiger partial charge in [0.25, 0.3) is 0 Å². The summed E-state index contributed by atoms with van der Waals surface area (Å²) in [6.07, 6.45) is 3.54. The second-order valence-corrected chi connectivity index (χ2v) is 4.56. The maximum Gasteiger partial charge on any atom is 0.0237 e. The minimum Gasteiger partial charge on any atom is -0.326 e. The molecule has 1 heterocycles. The third kappa shape index (κ3) is 2.94. The minimum atomic E-state index is 0.631. The molecule has 0 aromatic heterocycles. The van der Waals surface area contributed by atoms with E-state index in [1.54, 1.807) is 0 Å². The van der Waals surface area contributed by atoms with Crippen molar-refractivity contribution in [1.29, 1.82) is 0 Å². The highest BCUT2D eigenvalue weighted by Crippen LogP contribution is 2.13. The van der Waals surface area contributed by atoms with Crippen molar-refractivity contribution in [1.82, 2.24) is 4.90 Å². The summed E-state index contributed by atoms with van der Waals surface area (Å²) in [6.45, 7) is 6.17. The van der Waals surface area contributed by atoms with Crippen LogP contribution in [0.15, 0.2) is 35.9 Å². The summed E-state index contributed by atoms with van der Waals surface area (Å²) in [5.41, 5.74) is 9.69. The lowest BCUT2D eigenvalue weighted by atomic mass is 10.1. The van der Waals surface area contributed by atoms with Gasteiger partial charge in [-0.3, -0.25) is 4.90 Å². The molecule has 0 fully saturated rings. The number of hydrogen-bond donors (Lipinski definition) is 1. The number of benzene rings is 1. The second-order valence-electron chi connectivity index (χ2n) is 4.56. The number of rotatable bonds is 3. The highest BCUT2D eigenvalue weighted by atomic mass is 15.1. The zero-order valence-corrected chi connectivity index (χ0v) is 9.95. The lowest BCUT2D eigenvalue weighted by molar-refractivity contribution is 0.286. The standard InChI is InChI=1S/C14H20N2/c1-12-6-8-16(9-7-12)11-14-4-2-13(10-15)3-5-14/h2-6H,7-11,15H2,1H3. The second kappa shape index (κ2) is 5.28. The molecule has 0 saturated heterocycles. The van der Waals surface area contributed by atoms with Gasteiger partial charge in [-0.15, -0.1) is 0 Å². The molecule has 16 heavy (non-hydrogen) atoms. The molecule has 2 N–H and O–H groups in total. The van der Waals surface area contributed by atoms with Crippen LogP contribution in [0.25, 0.3) is 0 Å². The Morgan fingerprint density at radius 3 is 2.44 bits per heavy atom. The summed E-state index contributed by atoms with van der Waals surface area (Å²) in [7, 11) is 0. The molecular formula is C14H20N2. The Hall–Kier alpha value is -1.12. The van der Waals surface area contributed by atoms with Gasteiger partial charge in [0.1, 0.15) is 0 Å². The molecule has 0 aliphatic carbocycles. The molecule has 0 spiro atoms. The third-order valence-corrected chi connectivity index (χ3v) is 3.19. The van der Waals surface area contributed by atoms with Crippen molar-refractivity contribution in [3.8, 4) is 0 Å². The summed E-state index contributed by atoms with van der Waals surface area (Å²) in [6, 6.07) is 8.63. The average Bonchev–Trinajstić information content (AvgIpc) is 2.33. The Labute approximate surface area is 97.8 Å². The average molecular weight is 216 g/mol. The number of hydrogen-bond acceptors (Lipinski definition) is 2. The van der Waals surface area contributed by atoms with Gasteiger partial charge in [0.2, 0.25) is 0 Å².